The second kappa shape index (κ2) is 10.5. The van der Waals surface area contributed by atoms with Crippen molar-refractivity contribution in [1.29, 1.82) is 0 Å². The Kier molecular flexibility index (Phi) is 7.14. The summed E-state index contributed by atoms with van der Waals surface area (Å²) in [5.74, 6) is -1.41. The van der Waals surface area contributed by atoms with Gasteiger partial charge in [-0.25, -0.2) is 9.97 Å². The zero-order chi connectivity index (χ0) is 34.2. The summed E-state index contributed by atoms with van der Waals surface area (Å²) >= 11 is 0. The lowest BCUT2D eigenvalue weighted by Gasteiger charge is -2.38. The van der Waals surface area contributed by atoms with E-state index in [4.69, 9.17) is 8.83 Å². The molecule has 0 aliphatic rings. The average molecular weight is 674 g/mol. The third-order valence-electron chi connectivity index (χ3n) is 7.42. The third-order valence-corrected chi connectivity index (χ3v) is 7.42. The summed E-state index contributed by atoms with van der Waals surface area (Å²) in [6.45, 7) is 0. The SMILES string of the molecule is FC(F)(F)c1ccccc1-c1nc2cc(C(c3ccc4oc(-c5ccccc5C(F)(F)F)nc4c3)(C(F)(F)F)C(F)(F)F)ccc2o1. The molecule has 0 N–H and O–H groups in total. The van der Waals surface area contributed by atoms with Crippen LogP contribution in [0.25, 0.3) is 45.1 Å². The van der Waals surface area contributed by atoms with E-state index in [2.05, 4.69) is 9.97 Å². The van der Waals surface area contributed by atoms with E-state index in [1.54, 1.807) is 0 Å². The quantitative estimate of drug-likeness (QED) is 0.175. The topological polar surface area (TPSA) is 52.1 Å². The van der Waals surface area contributed by atoms with E-state index in [1.165, 1.54) is 12.1 Å². The highest BCUT2D eigenvalue weighted by Crippen LogP contribution is 2.57. The van der Waals surface area contributed by atoms with Crippen LogP contribution < -0.4 is 0 Å². The van der Waals surface area contributed by atoms with Crippen molar-refractivity contribution in [1.82, 2.24) is 9.97 Å². The Morgan fingerprint density at radius 3 is 1.15 bits per heavy atom. The Morgan fingerprint density at radius 1 is 0.447 bits per heavy atom. The van der Waals surface area contributed by atoms with Gasteiger partial charge in [0.2, 0.25) is 17.2 Å². The van der Waals surface area contributed by atoms with E-state index in [-0.39, 0.29) is 0 Å². The molecule has 0 unspecified atom stereocenters. The lowest BCUT2D eigenvalue weighted by atomic mass is 9.72. The molecule has 6 rings (SSSR count). The highest BCUT2D eigenvalue weighted by Gasteiger charge is 2.72. The molecule has 2 aromatic heterocycles. The Bertz CT molecular complexity index is 1970. The molecular formula is C31H14F12N2O2. The first-order valence-electron chi connectivity index (χ1n) is 13.1. The normalized spacial score (nSPS) is 13.5. The number of nitrogens with zero attached hydrogens (tertiary/aromatic N) is 2. The van der Waals surface area contributed by atoms with Gasteiger partial charge >= 0.3 is 24.7 Å². The third kappa shape index (κ3) is 5.24. The van der Waals surface area contributed by atoms with Gasteiger partial charge in [-0.3, -0.25) is 0 Å². The minimum atomic E-state index is -6.10. The molecule has 4 aromatic carbocycles. The van der Waals surface area contributed by atoms with Gasteiger partial charge in [-0.2, -0.15) is 52.7 Å². The summed E-state index contributed by atoms with van der Waals surface area (Å²) in [4.78, 5) is 7.57. The van der Waals surface area contributed by atoms with Crippen LogP contribution in [0, 0.1) is 0 Å². The molecule has 0 saturated carbocycles. The second-order valence-electron chi connectivity index (χ2n) is 10.2. The van der Waals surface area contributed by atoms with E-state index in [9.17, 15) is 52.7 Å². The number of aromatic nitrogens is 2. The summed E-state index contributed by atoms with van der Waals surface area (Å²) < 4.78 is 181. The van der Waals surface area contributed by atoms with Crippen molar-refractivity contribution >= 4 is 22.2 Å². The van der Waals surface area contributed by atoms with Gasteiger partial charge in [0.25, 0.3) is 0 Å². The highest BCUT2D eigenvalue weighted by atomic mass is 19.4. The average Bonchev–Trinajstić information content (AvgIpc) is 3.59. The molecular weight excluding hydrogens is 660 g/mol. The molecule has 2 heterocycles. The summed E-state index contributed by atoms with van der Waals surface area (Å²) in [7, 11) is 0. The lowest BCUT2D eigenvalue weighted by molar-refractivity contribution is -0.288. The Labute approximate surface area is 254 Å². The van der Waals surface area contributed by atoms with Crippen LogP contribution in [0.15, 0.2) is 93.8 Å². The largest absolute Gasteiger partial charge is 0.436 e. The van der Waals surface area contributed by atoms with Gasteiger partial charge in [0, 0.05) is 11.1 Å². The molecule has 0 fully saturated rings. The zero-order valence-corrected chi connectivity index (χ0v) is 22.8. The fourth-order valence-corrected chi connectivity index (χ4v) is 5.37. The summed E-state index contributed by atoms with van der Waals surface area (Å²) in [5.41, 5.74) is -13.2. The summed E-state index contributed by atoms with van der Waals surface area (Å²) in [6.07, 6.45) is -22.0. The van der Waals surface area contributed by atoms with Crippen molar-refractivity contribution in [2.75, 3.05) is 0 Å². The Balaban J connectivity index is 1.54. The molecule has 244 valence electrons. The maximum absolute atomic E-state index is 14.9. The van der Waals surface area contributed by atoms with Gasteiger partial charge in [-0.15, -0.1) is 0 Å². The first-order valence-corrected chi connectivity index (χ1v) is 13.1. The van der Waals surface area contributed by atoms with Crippen LogP contribution in [0.5, 0.6) is 0 Å². The number of halogens is 12. The first-order chi connectivity index (χ1) is 21.8. The Morgan fingerprint density at radius 2 is 0.809 bits per heavy atom. The van der Waals surface area contributed by atoms with Gasteiger partial charge in [-0.1, -0.05) is 36.4 Å². The standard InChI is InChI=1S/C31H14F12N2O2/c32-28(33,34)19-7-3-1-5-17(19)25-44-21-13-15(9-11-23(21)46-25)27(30(38,39)40,31(41,42)43)16-10-12-24-22(14-16)45-26(47-24)18-6-2-4-8-20(18)29(35,36)37/h1-14H. The van der Waals surface area contributed by atoms with E-state index in [0.717, 1.165) is 24.3 Å². The zero-order valence-electron chi connectivity index (χ0n) is 22.8. The van der Waals surface area contributed by atoms with Crippen LogP contribution >= 0.6 is 0 Å². The van der Waals surface area contributed by atoms with E-state index in [0.29, 0.717) is 48.5 Å². The molecule has 47 heavy (non-hydrogen) atoms. The molecule has 0 atom stereocenters. The van der Waals surface area contributed by atoms with Crippen molar-refractivity contribution in [3.05, 3.63) is 107 Å². The molecule has 0 radical (unpaired) electrons. The van der Waals surface area contributed by atoms with E-state index in [1.807, 2.05) is 0 Å². The lowest BCUT2D eigenvalue weighted by Crippen LogP contribution is -2.54. The minimum absolute atomic E-state index is 0.400. The number of oxazole rings is 2. The van der Waals surface area contributed by atoms with Gasteiger partial charge in [0.05, 0.1) is 11.1 Å². The van der Waals surface area contributed by atoms with Crippen molar-refractivity contribution in [3.63, 3.8) is 0 Å². The number of hydrogen-bond donors (Lipinski definition) is 0. The predicted molar refractivity (Wildman–Crippen MR) is 142 cm³/mol. The molecule has 0 aliphatic carbocycles. The van der Waals surface area contributed by atoms with Gasteiger partial charge < -0.3 is 8.83 Å². The fraction of sp³-hybridized carbons (Fsp3) is 0.161. The van der Waals surface area contributed by atoms with Crippen LogP contribution in [0.1, 0.15) is 22.3 Å². The van der Waals surface area contributed by atoms with Crippen LogP contribution in [0.2, 0.25) is 0 Å². The maximum Gasteiger partial charge on any atom is 0.417 e. The Hall–Kier alpha value is -5.02. The number of alkyl halides is 12. The van der Waals surface area contributed by atoms with Crippen molar-refractivity contribution < 1.29 is 61.5 Å². The minimum Gasteiger partial charge on any atom is -0.436 e. The molecule has 6 aromatic rings. The summed E-state index contributed by atoms with van der Waals surface area (Å²) in [5, 5.41) is 0. The van der Waals surface area contributed by atoms with Gasteiger partial charge in [0.15, 0.2) is 11.2 Å². The molecule has 16 heteroatoms. The van der Waals surface area contributed by atoms with Crippen molar-refractivity contribution in [2.24, 2.45) is 0 Å². The van der Waals surface area contributed by atoms with Crippen LogP contribution in [0.4, 0.5) is 52.7 Å². The highest BCUT2D eigenvalue weighted by molar-refractivity contribution is 5.80. The van der Waals surface area contributed by atoms with Crippen LogP contribution in [-0.2, 0) is 17.8 Å². The second-order valence-corrected chi connectivity index (χ2v) is 10.2. The number of rotatable bonds is 4. The molecule has 0 spiro atoms. The number of benzene rings is 4. The molecule has 0 amide bonds. The monoisotopic (exact) mass is 674 g/mol. The van der Waals surface area contributed by atoms with E-state index < -0.39 is 97.5 Å². The molecule has 0 saturated heterocycles. The molecule has 4 nitrogen and oxygen atoms in total. The number of fused-ring (bicyclic) bond motifs is 2. The molecule has 0 aliphatic heterocycles. The molecule has 0 bridgehead atoms. The maximum atomic E-state index is 14.9. The van der Waals surface area contributed by atoms with Gasteiger partial charge in [-0.05, 0) is 59.7 Å². The number of hydrogen-bond acceptors (Lipinski definition) is 4. The predicted octanol–water partition coefficient (Wildman–Crippen LogP) is 10.8. The smallest absolute Gasteiger partial charge is 0.417 e. The van der Waals surface area contributed by atoms with Gasteiger partial charge in [0.1, 0.15) is 11.0 Å². The first kappa shape index (κ1) is 31.9. The van der Waals surface area contributed by atoms with Crippen molar-refractivity contribution in [3.8, 4) is 22.9 Å². The van der Waals surface area contributed by atoms with Crippen LogP contribution in [-0.4, -0.2) is 22.3 Å². The summed E-state index contributed by atoms with van der Waals surface area (Å²) in [6, 6.07) is 11.0. The fourth-order valence-electron chi connectivity index (χ4n) is 5.37. The van der Waals surface area contributed by atoms with E-state index >= 15 is 0 Å². The van der Waals surface area contributed by atoms with Crippen molar-refractivity contribution in [2.45, 2.75) is 30.1 Å². The van der Waals surface area contributed by atoms with Crippen LogP contribution in [0.3, 0.4) is 0 Å².